The number of nitrogen functional groups attached to an aromatic ring is 1. The Hall–Kier alpha value is -1.71. The molecule has 1 aromatic rings. The number of nitrogens with zero attached hydrogens (tertiary/aromatic N) is 1. The third-order valence-corrected chi connectivity index (χ3v) is 2.53. The summed E-state index contributed by atoms with van der Waals surface area (Å²) >= 11 is 0. The molecule has 15 heavy (non-hydrogen) atoms. The lowest BCUT2D eigenvalue weighted by atomic mass is 10.2. The van der Waals surface area contributed by atoms with E-state index < -0.39 is 0 Å². The summed E-state index contributed by atoms with van der Waals surface area (Å²) in [5.41, 5.74) is 7.36. The van der Waals surface area contributed by atoms with Crippen LogP contribution in [0.5, 0.6) is 5.75 Å². The molecule has 3 N–H and O–H groups in total. The maximum atomic E-state index is 5.71. The van der Waals surface area contributed by atoms with Gasteiger partial charge in [-0.3, -0.25) is 4.99 Å². The zero-order valence-corrected chi connectivity index (χ0v) is 8.36. The molecule has 0 spiro atoms. The molecular formula is C11H13N3O. The van der Waals surface area contributed by atoms with Crippen molar-refractivity contribution < 1.29 is 4.74 Å². The number of amidine groups is 1. The fraction of sp³-hybridized carbons (Fsp3) is 0.364. The van der Waals surface area contributed by atoms with Gasteiger partial charge in [-0.15, -0.1) is 0 Å². The molecule has 1 heterocycles. The van der Waals surface area contributed by atoms with Crippen LogP contribution < -0.4 is 15.8 Å². The Bertz CT molecular complexity index is 424. The molecule has 0 amide bonds. The molecule has 0 radical (unpaired) electrons. The third kappa shape index (κ3) is 1.75. The number of aliphatic imine (C=N–C) groups is 1. The summed E-state index contributed by atoms with van der Waals surface area (Å²) in [6.07, 6.45) is 2.41. The van der Waals surface area contributed by atoms with Gasteiger partial charge in [0.1, 0.15) is 18.2 Å². The quantitative estimate of drug-likeness (QED) is 0.682. The average Bonchev–Trinajstić information content (AvgIpc) is 3.01. The van der Waals surface area contributed by atoms with Gasteiger partial charge in [-0.1, -0.05) is 0 Å². The lowest BCUT2D eigenvalue weighted by Gasteiger charge is -2.20. The van der Waals surface area contributed by atoms with Gasteiger partial charge in [0.2, 0.25) is 0 Å². The summed E-state index contributed by atoms with van der Waals surface area (Å²) in [6, 6.07) is 6.10. The first kappa shape index (κ1) is 8.59. The van der Waals surface area contributed by atoms with E-state index in [9.17, 15) is 0 Å². The summed E-state index contributed by atoms with van der Waals surface area (Å²) < 4.78 is 5.57. The minimum atomic E-state index is 0.513. The molecule has 4 nitrogen and oxygen atoms in total. The zero-order chi connectivity index (χ0) is 10.3. The Morgan fingerprint density at radius 3 is 3.07 bits per heavy atom. The SMILES string of the molecule is Nc1ccc2c(c1)NC(=NC1CC1)CO2. The predicted molar refractivity (Wildman–Crippen MR) is 60.4 cm³/mol. The van der Waals surface area contributed by atoms with Crippen molar-refractivity contribution in [3.05, 3.63) is 18.2 Å². The van der Waals surface area contributed by atoms with Gasteiger partial charge >= 0.3 is 0 Å². The molecule has 0 atom stereocenters. The van der Waals surface area contributed by atoms with E-state index in [1.807, 2.05) is 18.2 Å². The summed E-state index contributed by atoms with van der Waals surface area (Å²) in [5, 5.41) is 3.25. The number of hydrogen-bond donors (Lipinski definition) is 2. The molecule has 1 fully saturated rings. The van der Waals surface area contributed by atoms with Crippen molar-refractivity contribution in [3.8, 4) is 5.75 Å². The molecule has 0 unspecified atom stereocenters. The molecule has 3 rings (SSSR count). The van der Waals surface area contributed by atoms with Crippen molar-refractivity contribution in [1.82, 2.24) is 0 Å². The van der Waals surface area contributed by atoms with Gasteiger partial charge < -0.3 is 15.8 Å². The van der Waals surface area contributed by atoms with E-state index in [0.29, 0.717) is 12.6 Å². The summed E-state index contributed by atoms with van der Waals surface area (Å²) in [4.78, 5) is 4.52. The van der Waals surface area contributed by atoms with Gasteiger partial charge in [0.05, 0.1) is 11.7 Å². The smallest absolute Gasteiger partial charge is 0.146 e. The van der Waals surface area contributed by atoms with Crippen molar-refractivity contribution in [2.75, 3.05) is 17.7 Å². The van der Waals surface area contributed by atoms with Gasteiger partial charge in [0.15, 0.2) is 0 Å². The molecule has 4 heteroatoms. The zero-order valence-electron chi connectivity index (χ0n) is 8.36. The van der Waals surface area contributed by atoms with Gasteiger partial charge in [0.25, 0.3) is 0 Å². The van der Waals surface area contributed by atoms with E-state index in [2.05, 4.69) is 10.3 Å². The molecule has 1 aliphatic heterocycles. The van der Waals surface area contributed by atoms with E-state index in [0.717, 1.165) is 23.0 Å². The van der Waals surface area contributed by atoms with E-state index in [1.165, 1.54) is 12.8 Å². The number of rotatable bonds is 1. The van der Waals surface area contributed by atoms with Gasteiger partial charge in [-0.2, -0.15) is 0 Å². The minimum absolute atomic E-state index is 0.513. The van der Waals surface area contributed by atoms with Crippen molar-refractivity contribution in [2.24, 2.45) is 4.99 Å². The standard InChI is InChI=1S/C11H13N3O/c12-7-1-4-10-9(5-7)14-11(6-15-10)13-8-2-3-8/h1,4-5,8H,2-3,6,12H2,(H,13,14). The normalized spacial score (nSPS) is 21.7. The second kappa shape index (κ2) is 3.15. The first-order valence-electron chi connectivity index (χ1n) is 5.17. The topological polar surface area (TPSA) is 59.6 Å². The molecule has 1 aliphatic carbocycles. The molecule has 2 aliphatic rings. The Morgan fingerprint density at radius 2 is 2.27 bits per heavy atom. The first-order chi connectivity index (χ1) is 7.31. The third-order valence-electron chi connectivity index (χ3n) is 2.53. The Morgan fingerprint density at radius 1 is 1.40 bits per heavy atom. The van der Waals surface area contributed by atoms with Crippen molar-refractivity contribution in [1.29, 1.82) is 0 Å². The fourth-order valence-corrected chi connectivity index (χ4v) is 1.60. The van der Waals surface area contributed by atoms with Crippen molar-refractivity contribution in [2.45, 2.75) is 18.9 Å². The van der Waals surface area contributed by atoms with E-state index >= 15 is 0 Å². The highest BCUT2D eigenvalue weighted by molar-refractivity contribution is 6.00. The second-order valence-corrected chi connectivity index (χ2v) is 3.98. The van der Waals surface area contributed by atoms with E-state index in [4.69, 9.17) is 10.5 Å². The lowest BCUT2D eigenvalue weighted by Crippen LogP contribution is -2.26. The van der Waals surface area contributed by atoms with Crippen LogP contribution >= 0.6 is 0 Å². The van der Waals surface area contributed by atoms with Crippen LogP contribution in [0.2, 0.25) is 0 Å². The summed E-state index contributed by atoms with van der Waals surface area (Å²) in [5.74, 6) is 1.76. The van der Waals surface area contributed by atoms with Crippen molar-refractivity contribution >= 4 is 17.2 Å². The molecule has 0 saturated heterocycles. The molecule has 0 aromatic heterocycles. The summed E-state index contributed by atoms with van der Waals surface area (Å²) in [7, 11) is 0. The summed E-state index contributed by atoms with van der Waals surface area (Å²) in [6.45, 7) is 0.535. The average molecular weight is 203 g/mol. The largest absolute Gasteiger partial charge is 0.484 e. The first-order valence-corrected chi connectivity index (χ1v) is 5.17. The van der Waals surface area contributed by atoms with Crippen LogP contribution in [-0.2, 0) is 0 Å². The van der Waals surface area contributed by atoms with E-state index in [-0.39, 0.29) is 0 Å². The van der Waals surface area contributed by atoms with Crippen molar-refractivity contribution in [3.63, 3.8) is 0 Å². The van der Waals surface area contributed by atoms with Crippen LogP contribution in [0.1, 0.15) is 12.8 Å². The Kier molecular flexibility index (Phi) is 1.80. The van der Waals surface area contributed by atoms with Crippen LogP contribution in [0.25, 0.3) is 0 Å². The van der Waals surface area contributed by atoms with Crippen LogP contribution in [-0.4, -0.2) is 18.5 Å². The van der Waals surface area contributed by atoms with Crippen LogP contribution in [0.3, 0.4) is 0 Å². The highest BCUT2D eigenvalue weighted by Gasteiger charge is 2.23. The maximum absolute atomic E-state index is 5.71. The Balaban J connectivity index is 1.87. The number of hydrogen-bond acceptors (Lipinski definition) is 3. The maximum Gasteiger partial charge on any atom is 0.146 e. The van der Waals surface area contributed by atoms with Crippen LogP contribution in [0.4, 0.5) is 11.4 Å². The molecule has 1 aromatic carbocycles. The monoisotopic (exact) mass is 203 g/mol. The number of nitrogens with one attached hydrogen (secondary N) is 1. The molecular weight excluding hydrogens is 190 g/mol. The lowest BCUT2D eigenvalue weighted by molar-refractivity contribution is 0.372. The van der Waals surface area contributed by atoms with Gasteiger partial charge in [-0.05, 0) is 31.0 Å². The molecule has 0 bridgehead atoms. The second-order valence-electron chi connectivity index (χ2n) is 3.98. The van der Waals surface area contributed by atoms with Crippen LogP contribution in [0, 0.1) is 0 Å². The number of ether oxygens (including phenoxy) is 1. The number of fused-ring (bicyclic) bond motifs is 1. The highest BCUT2D eigenvalue weighted by atomic mass is 16.5. The van der Waals surface area contributed by atoms with Gasteiger partial charge in [-0.25, -0.2) is 0 Å². The number of benzene rings is 1. The molecule has 78 valence electrons. The Labute approximate surface area is 88.1 Å². The van der Waals surface area contributed by atoms with E-state index in [1.54, 1.807) is 0 Å². The highest BCUT2D eigenvalue weighted by Crippen LogP contribution is 2.30. The molecule has 1 saturated carbocycles. The predicted octanol–water partition coefficient (Wildman–Crippen LogP) is 1.63. The minimum Gasteiger partial charge on any atom is -0.484 e. The van der Waals surface area contributed by atoms with Gasteiger partial charge in [0, 0.05) is 5.69 Å². The fourth-order valence-electron chi connectivity index (χ4n) is 1.60. The number of anilines is 2. The number of nitrogens with two attached hydrogens (primary N) is 1. The van der Waals surface area contributed by atoms with Crippen LogP contribution in [0.15, 0.2) is 23.2 Å².